The van der Waals surface area contributed by atoms with E-state index < -0.39 is 0 Å². The summed E-state index contributed by atoms with van der Waals surface area (Å²) in [7, 11) is 2.09. The highest BCUT2D eigenvalue weighted by atomic mass is 32.1. The van der Waals surface area contributed by atoms with Crippen LogP contribution in [0.3, 0.4) is 0 Å². The molecule has 0 unspecified atom stereocenters. The van der Waals surface area contributed by atoms with Gasteiger partial charge in [0.15, 0.2) is 0 Å². The summed E-state index contributed by atoms with van der Waals surface area (Å²) in [6.45, 7) is 2.15. The molecule has 2 heteroatoms. The quantitative estimate of drug-likeness (QED) is 0.545. The first-order valence-electron chi connectivity index (χ1n) is 3.28. The van der Waals surface area contributed by atoms with Crippen LogP contribution in [0.25, 0.3) is 10.2 Å². The number of fused-ring (bicyclic) bond motifs is 1. The van der Waals surface area contributed by atoms with Gasteiger partial charge in [-0.25, -0.2) is 0 Å². The summed E-state index contributed by atoms with van der Waals surface area (Å²) >= 11 is 1.81. The van der Waals surface area contributed by atoms with Crippen LogP contribution >= 0.6 is 11.3 Å². The third kappa shape index (κ3) is 0.625. The molecule has 0 saturated heterocycles. The monoisotopic (exact) mass is 151 g/mol. The lowest BCUT2D eigenvalue weighted by Gasteiger charge is -1.91. The SMILES string of the molecule is Cc1csc2ccn(C)c12. The molecule has 0 aliphatic rings. The fourth-order valence-corrected chi connectivity index (χ4v) is 2.25. The highest BCUT2D eigenvalue weighted by Gasteiger charge is 2.01. The minimum Gasteiger partial charge on any atom is -0.350 e. The summed E-state index contributed by atoms with van der Waals surface area (Å²) in [5.41, 5.74) is 2.76. The highest BCUT2D eigenvalue weighted by molar-refractivity contribution is 7.17. The van der Waals surface area contributed by atoms with Crippen LogP contribution in [0.1, 0.15) is 5.56 Å². The Morgan fingerprint density at radius 2 is 2.30 bits per heavy atom. The summed E-state index contributed by atoms with van der Waals surface area (Å²) < 4.78 is 3.56. The Hall–Kier alpha value is -0.760. The first-order valence-corrected chi connectivity index (χ1v) is 4.16. The van der Waals surface area contributed by atoms with Gasteiger partial charge in [0.05, 0.1) is 10.2 Å². The van der Waals surface area contributed by atoms with E-state index in [1.807, 2.05) is 11.3 Å². The second kappa shape index (κ2) is 1.86. The zero-order chi connectivity index (χ0) is 7.14. The number of thiophene rings is 1. The molecule has 0 fully saturated rings. The molecule has 0 spiro atoms. The van der Waals surface area contributed by atoms with Crippen LogP contribution in [0.4, 0.5) is 0 Å². The maximum Gasteiger partial charge on any atom is 0.0616 e. The van der Waals surface area contributed by atoms with Crippen molar-refractivity contribution in [2.24, 2.45) is 7.05 Å². The Bertz CT molecular complexity index is 325. The van der Waals surface area contributed by atoms with Crippen LogP contribution in [-0.2, 0) is 7.05 Å². The minimum absolute atomic E-state index is 1.38. The zero-order valence-electron chi connectivity index (χ0n) is 6.09. The Morgan fingerprint density at radius 1 is 1.50 bits per heavy atom. The first-order chi connectivity index (χ1) is 4.79. The topological polar surface area (TPSA) is 4.93 Å². The van der Waals surface area contributed by atoms with Gasteiger partial charge in [-0.3, -0.25) is 0 Å². The smallest absolute Gasteiger partial charge is 0.0616 e. The van der Waals surface area contributed by atoms with Crippen molar-refractivity contribution in [2.75, 3.05) is 0 Å². The highest BCUT2D eigenvalue weighted by Crippen LogP contribution is 2.25. The Morgan fingerprint density at radius 3 is 3.00 bits per heavy atom. The Labute approximate surface area is 63.9 Å². The average molecular weight is 151 g/mol. The van der Waals surface area contributed by atoms with Gasteiger partial charge < -0.3 is 4.57 Å². The molecule has 0 aliphatic heterocycles. The van der Waals surface area contributed by atoms with Gasteiger partial charge in [-0.1, -0.05) is 0 Å². The third-order valence-electron chi connectivity index (χ3n) is 1.77. The molecular weight excluding hydrogens is 142 g/mol. The molecule has 0 saturated carbocycles. The van der Waals surface area contributed by atoms with E-state index in [0.717, 1.165) is 0 Å². The first kappa shape index (κ1) is 5.98. The van der Waals surface area contributed by atoms with Crippen molar-refractivity contribution in [3.8, 4) is 0 Å². The number of rotatable bonds is 0. The Kier molecular flexibility index (Phi) is 1.11. The van der Waals surface area contributed by atoms with E-state index in [4.69, 9.17) is 0 Å². The molecule has 10 heavy (non-hydrogen) atoms. The lowest BCUT2D eigenvalue weighted by Crippen LogP contribution is -1.82. The molecular formula is C8H9NS. The van der Waals surface area contributed by atoms with Crippen LogP contribution in [0.2, 0.25) is 0 Å². The molecule has 2 aromatic rings. The van der Waals surface area contributed by atoms with Gasteiger partial charge in [0.2, 0.25) is 0 Å². The van der Waals surface area contributed by atoms with Crippen LogP contribution in [-0.4, -0.2) is 4.57 Å². The molecule has 52 valence electrons. The van der Waals surface area contributed by atoms with Gasteiger partial charge in [0.1, 0.15) is 0 Å². The van der Waals surface area contributed by atoms with Crippen molar-refractivity contribution in [3.05, 3.63) is 23.2 Å². The van der Waals surface area contributed by atoms with E-state index in [2.05, 4.69) is 36.2 Å². The number of hydrogen-bond acceptors (Lipinski definition) is 1. The van der Waals surface area contributed by atoms with E-state index in [9.17, 15) is 0 Å². The summed E-state index contributed by atoms with van der Waals surface area (Å²) in [6.07, 6.45) is 2.11. The lowest BCUT2D eigenvalue weighted by molar-refractivity contribution is 0.965. The second-order valence-corrected chi connectivity index (χ2v) is 3.47. The van der Waals surface area contributed by atoms with Gasteiger partial charge >= 0.3 is 0 Å². The van der Waals surface area contributed by atoms with Crippen LogP contribution < -0.4 is 0 Å². The van der Waals surface area contributed by atoms with Crippen LogP contribution in [0.15, 0.2) is 17.6 Å². The molecule has 1 nitrogen and oxygen atoms in total. The molecule has 0 bridgehead atoms. The summed E-state index contributed by atoms with van der Waals surface area (Å²) in [4.78, 5) is 0. The van der Waals surface area contributed by atoms with Gasteiger partial charge in [-0.2, -0.15) is 0 Å². The van der Waals surface area contributed by atoms with E-state index >= 15 is 0 Å². The van der Waals surface area contributed by atoms with Gasteiger partial charge in [0, 0.05) is 13.2 Å². The van der Waals surface area contributed by atoms with Crippen molar-refractivity contribution in [1.82, 2.24) is 4.57 Å². The number of aryl methyl sites for hydroxylation is 2. The minimum atomic E-state index is 1.38. The largest absolute Gasteiger partial charge is 0.350 e. The third-order valence-corrected chi connectivity index (χ3v) is 2.83. The van der Waals surface area contributed by atoms with E-state index in [0.29, 0.717) is 0 Å². The fraction of sp³-hybridized carbons (Fsp3) is 0.250. The summed E-state index contributed by atoms with van der Waals surface area (Å²) in [5, 5.41) is 2.20. The molecule has 0 N–H and O–H groups in total. The second-order valence-electron chi connectivity index (χ2n) is 2.56. The van der Waals surface area contributed by atoms with Crippen molar-refractivity contribution in [3.63, 3.8) is 0 Å². The van der Waals surface area contributed by atoms with Crippen molar-refractivity contribution >= 4 is 21.6 Å². The number of aromatic nitrogens is 1. The molecule has 0 radical (unpaired) electrons. The Balaban J connectivity index is 2.98. The standard InChI is InChI=1S/C8H9NS/c1-6-5-10-7-3-4-9(2)8(6)7/h3-5H,1-2H3. The molecule has 2 aromatic heterocycles. The summed E-state index contributed by atoms with van der Waals surface area (Å²) in [6, 6.07) is 2.16. The molecule has 2 rings (SSSR count). The van der Waals surface area contributed by atoms with Crippen LogP contribution in [0, 0.1) is 6.92 Å². The molecule has 2 heterocycles. The van der Waals surface area contributed by atoms with Gasteiger partial charge in [-0.05, 0) is 23.9 Å². The molecule has 0 aromatic carbocycles. The summed E-state index contributed by atoms with van der Waals surface area (Å²) in [5.74, 6) is 0. The maximum absolute atomic E-state index is 2.20. The predicted octanol–water partition coefficient (Wildman–Crippen LogP) is 2.55. The number of hydrogen-bond donors (Lipinski definition) is 0. The van der Waals surface area contributed by atoms with Crippen molar-refractivity contribution < 1.29 is 0 Å². The molecule has 0 atom stereocenters. The van der Waals surface area contributed by atoms with E-state index in [1.165, 1.54) is 15.8 Å². The van der Waals surface area contributed by atoms with Crippen LogP contribution in [0.5, 0.6) is 0 Å². The maximum atomic E-state index is 2.20. The lowest BCUT2D eigenvalue weighted by atomic mass is 10.3. The normalized spacial score (nSPS) is 11.0. The molecule has 0 aliphatic carbocycles. The average Bonchev–Trinajstić information content (AvgIpc) is 2.40. The molecule has 0 amide bonds. The van der Waals surface area contributed by atoms with Crippen molar-refractivity contribution in [1.29, 1.82) is 0 Å². The zero-order valence-corrected chi connectivity index (χ0v) is 6.90. The number of nitrogens with zero attached hydrogens (tertiary/aromatic N) is 1. The van der Waals surface area contributed by atoms with E-state index in [1.54, 1.807) is 0 Å². The van der Waals surface area contributed by atoms with Gasteiger partial charge in [0.25, 0.3) is 0 Å². The van der Waals surface area contributed by atoms with E-state index in [-0.39, 0.29) is 0 Å². The fourth-order valence-electron chi connectivity index (χ4n) is 1.28. The van der Waals surface area contributed by atoms with Gasteiger partial charge in [-0.15, -0.1) is 11.3 Å². The van der Waals surface area contributed by atoms with Crippen molar-refractivity contribution in [2.45, 2.75) is 6.92 Å². The predicted molar refractivity (Wildman–Crippen MR) is 45.5 cm³/mol.